The minimum atomic E-state index is -0.0422. The Labute approximate surface area is 151 Å². The van der Waals surface area contributed by atoms with Crippen molar-refractivity contribution in [2.75, 3.05) is 20.2 Å². The number of carbonyl (C=O) groups is 1. The first-order valence-corrected chi connectivity index (χ1v) is 8.66. The number of carbonyl (C=O) groups excluding carboxylic acids is 1. The van der Waals surface area contributed by atoms with E-state index in [-0.39, 0.29) is 11.9 Å². The molecule has 2 aromatic heterocycles. The van der Waals surface area contributed by atoms with Crippen LogP contribution in [-0.2, 0) is 6.54 Å². The molecule has 1 saturated heterocycles. The Hall–Kier alpha value is -2.93. The van der Waals surface area contributed by atoms with E-state index in [0.29, 0.717) is 11.4 Å². The maximum Gasteiger partial charge on any atom is 0.251 e. The lowest BCUT2D eigenvalue weighted by Crippen LogP contribution is -2.37. The standard InChI is InChI=1S/C19H21N5O2/c1-26-18-5-2-13(9-20-18)10-24-7-6-15(11-24)23-19(25)14-3-4-16-17(8-14)22-12-21-16/h2-5,8-9,12,15H,6-7,10-11H2,1H3,(H,21,22)(H,23,25)/t15-/m0/s1. The number of imidazole rings is 1. The van der Waals surface area contributed by atoms with Crippen LogP contribution in [0.4, 0.5) is 0 Å². The van der Waals surface area contributed by atoms with E-state index in [9.17, 15) is 4.79 Å². The van der Waals surface area contributed by atoms with Crippen molar-refractivity contribution in [3.63, 3.8) is 0 Å². The van der Waals surface area contributed by atoms with Crippen LogP contribution < -0.4 is 10.1 Å². The number of aromatic amines is 1. The molecule has 3 aromatic rings. The van der Waals surface area contributed by atoms with E-state index >= 15 is 0 Å². The summed E-state index contributed by atoms with van der Waals surface area (Å²) in [5.41, 5.74) is 3.53. The van der Waals surface area contributed by atoms with Crippen LogP contribution in [0.2, 0.25) is 0 Å². The molecule has 0 bridgehead atoms. The summed E-state index contributed by atoms with van der Waals surface area (Å²) >= 11 is 0. The predicted molar refractivity (Wildman–Crippen MR) is 98.0 cm³/mol. The van der Waals surface area contributed by atoms with Crippen LogP contribution in [0, 0.1) is 0 Å². The number of amides is 1. The normalized spacial score (nSPS) is 17.5. The third kappa shape index (κ3) is 3.52. The summed E-state index contributed by atoms with van der Waals surface area (Å²) in [5, 5.41) is 3.14. The minimum absolute atomic E-state index is 0.0422. The molecule has 1 aromatic carbocycles. The van der Waals surface area contributed by atoms with E-state index in [2.05, 4.69) is 25.2 Å². The molecule has 2 N–H and O–H groups in total. The zero-order chi connectivity index (χ0) is 17.9. The number of rotatable bonds is 5. The molecule has 1 aliphatic rings. The van der Waals surface area contributed by atoms with Gasteiger partial charge in [0.15, 0.2) is 0 Å². The lowest BCUT2D eigenvalue weighted by Gasteiger charge is -2.17. The van der Waals surface area contributed by atoms with Gasteiger partial charge in [-0.2, -0.15) is 0 Å². The van der Waals surface area contributed by atoms with Gasteiger partial charge in [-0.25, -0.2) is 9.97 Å². The molecule has 0 radical (unpaired) electrons. The van der Waals surface area contributed by atoms with Gasteiger partial charge in [-0.05, 0) is 30.2 Å². The van der Waals surface area contributed by atoms with Crippen LogP contribution in [0.1, 0.15) is 22.3 Å². The third-order valence-electron chi connectivity index (χ3n) is 4.70. The van der Waals surface area contributed by atoms with Crippen LogP contribution in [0.15, 0.2) is 42.9 Å². The fraction of sp³-hybridized carbons (Fsp3) is 0.316. The van der Waals surface area contributed by atoms with Crippen molar-refractivity contribution in [1.82, 2.24) is 25.2 Å². The fourth-order valence-electron chi connectivity index (χ4n) is 3.32. The molecular formula is C19H21N5O2. The third-order valence-corrected chi connectivity index (χ3v) is 4.70. The van der Waals surface area contributed by atoms with Crippen LogP contribution in [0.25, 0.3) is 11.0 Å². The zero-order valence-electron chi connectivity index (χ0n) is 14.6. The minimum Gasteiger partial charge on any atom is -0.481 e. The molecule has 1 fully saturated rings. The molecule has 0 unspecified atom stereocenters. The van der Waals surface area contributed by atoms with E-state index in [4.69, 9.17) is 4.74 Å². The summed E-state index contributed by atoms with van der Waals surface area (Å²) in [6.45, 7) is 2.62. The maximum atomic E-state index is 12.5. The van der Waals surface area contributed by atoms with Crippen LogP contribution in [0.3, 0.4) is 0 Å². The van der Waals surface area contributed by atoms with Gasteiger partial charge in [0.1, 0.15) is 0 Å². The van der Waals surface area contributed by atoms with Gasteiger partial charge in [0.2, 0.25) is 5.88 Å². The molecular weight excluding hydrogens is 330 g/mol. The fourth-order valence-corrected chi connectivity index (χ4v) is 3.32. The molecule has 0 aliphatic carbocycles. The molecule has 3 heterocycles. The van der Waals surface area contributed by atoms with E-state index < -0.39 is 0 Å². The van der Waals surface area contributed by atoms with Crippen LogP contribution in [-0.4, -0.2) is 52.0 Å². The second-order valence-electron chi connectivity index (χ2n) is 6.54. The first kappa shape index (κ1) is 16.5. The van der Waals surface area contributed by atoms with Crippen molar-refractivity contribution >= 4 is 16.9 Å². The number of hydrogen-bond acceptors (Lipinski definition) is 5. The lowest BCUT2D eigenvalue weighted by molar-refractivity contribution is 0.0937. The molecule has 0 spiro atoms. The number of nitrogens with one attached hydrogen (secondary N) is 2. The van der Waals surface area contributed by atoms with Gasteiger partial charge in [-0.1, -0.05) is 6.07 Å². The average molecular weight is 351 g/mol. The number of fused-ring (bicyclic) bond motifs is 1. The molecule has 0 saturated carbocycles. The van der Waals surface area contributed by atoms with Crippen molar-refractivity contribution in [3.8, 4) is 5.88 Å². The van der Waals surface area contributed by atoms with Gasteiger partial charge in [-0.3, -0.25) is 9.69 Å². The van der Waals surface area contributed by atoms with Gasteiger partial charge < -0.3 is 15.0 Å². The second-order valence-corrected chi connectivity index (χ2v) is 6.54. The van der Waals surface area contributed by atoms with Gasteiger partial charge in [0, 0.05) is 43.5 Å². The quantitative estimate of drug-likeness (QED) is 0.734. The largest absolute Gasteiger partial charge is 0.481 e. The topological polar surface area (TPSA) is 83.1 Å². The van der Waals surface area contributed by atoms with Crippen molar-refractivity contribution < 1.29 is 9.53 Å². The van der Waals surface area contributed by atoms with Crippen molar-refractivity contribution in [1.29, 1.82) is 0 Å². The molecule has 134 valence electrons. The highest BCUT2D eigenvalue weighted by Gasteiger charge is 2.24. The van der Waals surface area contributed by atoms with Crippen molar-refractivity contribution in [2.24, 2.45) is 0 Å². The molecule has 7 nitrogen and oxygen atoms in total. The number of ether oxygens (including phenoxy) is 1. The summed E-state index contributed by atoms with van der Waals surface area (Å²) in [6.07, 6.45) is 4.42. The van der Waals surface area contributed by atoms with E-state index in [0.717, 1.165) is 42.7 Å². The predicted octanol–water partition coefficient (Wildman–Crippen LogP) is 1.97. The van der Waals surface area contributed by atoms with Crippen molar-refractivity contribution in [3.05, 3.63) is 54.0 Å². The summed E-state index contributed by atoms with van der Waals surface area (Å²) in [7, 11) is 1.61. The lowest BCUT2D eigenvalue weighted by atomic mass is 10.1. The molecule has 26 heavy (non-hydrogen) atoms. The average Bonchev–Trinajstić information content (AvgIpc) is 3.31. The smallest absolute Gasteiger partial charge is 0.251 e. The van der Waals surface area contributed by atoms with Gasteiger partial charge in [0.25, 0.3) is 5.91 Å². The monoisotopic (exact) mass is 351 g/mol. The number of likely N-dealkylation sites (tertiary alicyclic amines) is 1. The molecule has 1 aliphatic heterocycles. The first-order valence-electron chi connectivity index (χ1n) is 8.66. The van der Waals surface area contributed by atoms with Gasteiger partial charge in [0.05, 0.1) is 24.5 Å². The van der Waals surface area contributed by atoms with Crippen LogP contribution >= 0.6 is 0 Å². The Morgan fingerprint density at radius 1 is 1.35 bits per heavy atom. The first-order chi connectivity index (χ1) is 12.7. The van der Waals surface area contributed by atoms with E-state index in [1.165, 1.54) is 0 Å². The molecule has 7 heteroatoms. The number of H-pyrrole nitrogens is 1. The number of hydrogen-bond donors (Lipinski definition) is 2. The van der Waals surface area contributed by atoms with E-state index in [1.54, 1.807) is 13.4 Å². The van der Waals surface area contributed by atoms with E-state index in [1.807, 2.05) is 36.5 Å². The number of pyridine rings is 1. The SMILES string of the molecule is COc1ccc(CN2CC[C@H](NC(=O)c3ccc4nc[nH]c4c3)C2)cn1. The van der Waals surface area contributed by atoms with Gasteiger partial charge >= 0.3 is 0 Å². The Kier molecular flexibility index (Phi) is 4.53. The summed E-state index contributed by atoms with van der Waals surface area (Å²) in [6, 6.07) is 9.57. The Morgan fingerprint density at radius 2 is 2.27 bits per heavy atom. The molecule has 1 atom stereocenters. The highest BCUT2D eigenvalue weighted by atomic mass is 16.5. The summed E-state index contributed by atoms with van der Waals surface area (Å²) in [4.78, 5) is 26.3. The molecule has 1 amide bonds. The molecule has 4 rings (SSSR count). The van der Waals surface area contributed by atoms with Crippen LogP contribution in [0.5, 0.6) is 5.88 Å². The highest BCUT2D eigenvalue weighted by molar-refractivity contribution is 5.97. The van der Waals surface area contributed by atoms with Crippen molar-refractivity contribution in [2.45, 2.75) is 19.0 Å². The zero-order valence-corrected chi connectivity index (χ0v) is 14.6. The number of aromatic nitrogens is 3. The Balaban J connectivity index is 1.33. The summed E-state index contributed by atoms with van der Waals surface area (Å²) < 4.78 is 5.09. The highest BCUT2D eigenvalue weighted by Crippen LogP contribution is 2.16. The number of benzene rings is 1. The summed E-state index contributed by atoms with van der Waals surface area (Å²) in [5.74, 6) is 0.578. The number of methoxy groups -OCH3 is 1. The maximum absolute atomic E-state index is 12.5. The number of nitrogens with zero attached hydrogens (tertiary/aromatic N) is 3. The Morgan fingerprint density at radius 3 is 3.08 bits per heavy atom. The second kappa shape index (κ2) is 7.13. The van der Waals surface area contributed by atoms with Gasteiger partial charge in [-0.15, -0.1) is 0 Å². The Bertz CT molecular complexity index is 906.